The molecule has 2 atom stereocenters. The lowest BCUT2D eigenvalue weighted by Crippen LogP contribution is -2.51. The van der Waals surface area contributed by atoms with Gasteiger partial charge in [0.2, 0.25) is 5.90 Å². The molecule has 0 saturated carbocycles. The van der Waals surface area contributed by atoms with Crippen molar-refractivity contribution in [1.82, 2.24) is 9.55 Å². The fourth-order valence-electron chi connectivity index (χ4n) is 9.30. The highest BCUT2D eigenvalue weighted by Gasteiger charge is 2.68. The average molecular weight is 718 g/mol. The molecular weight excluding hydrogens is 663 g/mol. The molecule has 3 heterocycles. The standard InChI is InChI=1S/C49H55N3O2/c1-28-21-31(4)43-38(22-28)48(13)49(14,47(43,11)12)54-44(51-48)36-27-41(30(3)23-29(36)2)53-34-16-17-35-37-24-32(45(5,6)7)15-18-39(37)52(40(35)26-34)42-25-33(19-20-50-42)46(8,9)10/h15-27H,1-14H3/t48-,49+/m1/s1. The lowest BCUT2D eigenvalue weighted by atomic mass is 9.70. The average Bonchev–Trinajstić information content (AvgIpc) is 3.59. The summed E-state index contributed by atoms with van der Waals surface area (Å²) in [4.78, 5) is 10.4. The van der Waals surface area contributed by atoms with Gasteiger partial charge < -0.3 is 9.47 Å². The number of hydrogen-bond donors (Lipinski definition) is 0. The number of benzene rings is 4. The smallest absolute Gasteiger partial charge is 0.218 e. The quantitative estimate of drug-likeness (QED) is 0.182. The van der Waals surface area contributed by atoms with Crippen LogP contribution in [0.4, 0.5) is 0 Å². The van der Waals surface area contributed by atoms with Crippen LogP contribution >= 0.6 is 0 Å². The van der Waals surface area contributed by atoms with E-state index in [4.69, 9.17) is 19.5 Å². The molecular formula is C49H55N3O2. The predicted molar refractivity (Wildman–Crippen MR) is 224 cm³/mol. The summed E-state index contributed by atoms with van der Waals surface area (Å²) in [6.45, 7) is 31.3. The number of rotatable bonds is 4. The minimum absolute atomic E-state index is 0.0113. The van der Waals surface area contributed by atoms with E-state index in [0.717, 1.165) is 45.0 Å². The Morgan fingerprint density at radius 2 is 1.37 bits per heavy atom. The van der Waals surface area contributed by atoms with Crippen LogP contribution in [0.2, 0.25) is 0 Å². The molecule has 0 amide bonds. The van der Waals surface area contributed by atoms with Crippen molar-refractivity contribution in [1.29, 1.82) is 0 Å². The summed E-state index contributed by atoms with van der Waals surface area (Å²) in [5, 5.41) is 2.38. The van der Waals surface area contributed by atoms with Crippen molar-refractivity contribution in [3.8, 4) is 17.3 Å². The zero-order valence-electron chi connectivity index (χ0n) is 34.7. The predicted octanol–water partition coefficient (Wildman–Crippen LogP) is 12.5. The molecule has 5 heteroatoms. The summed E-state index contributed by atoms with van der Waals surface area (Å²) >= 11 is 0. The van der Waals surface area contributed by atoms with E-state index in [-0.39, 0.29) is 16.2 Å². The van der Waals surface area contributed by atoms with Gasteiger partial charge in [-0.15, -0.1) is 0 Å². The van der Waals surface area contributed by atoms with E-state index in [1.54, 1.807) is 0 Å². The van der Waals surface area contributed by atoms with Gasteiger partial charge in [-0.25, -0.2) is 9.98 Å². The number of aliphatic imine (C=N–C) groups is 1. The fraction of sp³-hybridized carbons (Fsp3) is 0.388. The second-order valence-electron chi connectivity index (χ2n) is 18.9. The van der Waals surface area contributed by atoms with Gasteiger partial charge in [-0.3, -0.25) is 4.57 Å². The largest absolute Gasteiger partial charge is 0.467 e. The van der Waals surface area contributed by atoms with Crippen LogP contribution in [0.1, 0.15) is 119 Å². The van der Waals surface area contributed by atoms with Crippen LogP contribution in [-0.4, -0.2) is 21.0 Å². The van der Waals surface area contributed by atoms with Crippen molar-refractivity contribution in [2.45, 2.75) is 124 Å². The highest BCUT2D eigenvalue weighted by molar-refractivity contribution is 6.10. The number of aromatic nitrogens is 2. The van der Waals surface area contributed by atoms with E-state index < -0.39 is 11.1 Å². The molecule has 0 radical (unpaired) electrons. The third-order valence-electron chi connectivity index (χ3n) is 12.8. The summed E-state index contributed by atoms with van der Waals surface area (Å²) in [6, 6.07) is 26.6. The van der Waals surface area contributed by atoms with Crippen molar-refractivity contribution in [3.05, 3.63) is 129 Å². The Balaban J connectivity index is 1.24. The van der Waals surface area contributed by atoms with Gasteiger partial charge in [-0.05, 0) is 134 Å². The molecule has 0 fully saturated rings. The number of pyridine rings is 1. The van der Waals surface area contributed by atoms with Gasteiger partial charge in [-0.2, -0.15) is 0 Å². The molecule has 5 nitrogen and oxygen atoms in total. The minimum Gasteiger partial charge on any atom is -0.467 e. The Morgan fingerprint density at radius 1 is 0.667 bits per heavy atom. The Bertz CT molecular complexity index is 2570. The third kappa shape index (κ3) is 5.17. The van der Waals surface area contributed by atoms with Gasteiger partial charge >= 0.3 is 0 Å². The van der Waals surface area contributed by atoms with Crippen LogP contribution in [0.15, 0.2) is 84.0 Å². The molecule has 1 aliphatic heterocycles. The van der Waals surface area contributed by atoms with Gasteiger partial charge in [0.1, 0.15) is 28.5 Å². The molecule has 278 valence electrons. The highest BCUT2D eigenvalue weighted by atomic mass is 16.5. The normalized spacial score (nSPS) is 20.6. The summed E-state index contributed by atoms with van der Waals surface area (Å²) in [5.74, 6) is 3.12. The molecule has 6 aromatic rings. The van der Waals surface area contributed by atoms with Crippen LogP contribution < -0.4 is 4.74 Å². The Hall–Kier alpha value is -4.90. The third-order valence-corrected chi connectivity index (χ3v) is 12.8. The van der Waals surface area contributed by atoms with Crippen LogP contribution in [-0.2, 0) is 26.5 Å². The number of ether oxygens (including phenoxy) is 2. The molecule has 0 bridgehead atoms. The zero-order chi connectivity index (χ0) is 38.9. The van der Waals surface area contributed by atoms with Crippen molar-refractivity contribution in [2.24, 2.45) is 4.99 Å². The maximum atomic E-state index is 7.09. The van der Waals surface area contributed by atoms with Crippen molar-refractivity contribution in [2.75, 3.05) is 0 Å². The second-order valence-corrected chi connectivity index (χ2v) is 18.9. The Kier molecular flexibility index (Phi) is 7.72. The molecule has 54 heavy (non-hydrogen) atoms. The van der Waals surface area contributed by atoms with E-state index >= 15 is 0 Å². The number of hydrogen-bond acceptors (Lipinski definition) is 4. The molecule has 1 aliphatic carbocycles. The lowest BCUT2D eigenvalue weighted by Gasteiger charge is -2.41. The Morgan fingerprint density at radius 3 is 2.07 bits per heavy atom. The van der Waals surface area contributed by atoms with Gasteiger partial charge in [0, 0.05) is 34.0 Å². The molecule has 2 aromatic heterocycles. The van der Waals surface area contributed by atoms with Crippen LogP contribution in [0.25, 0.3) is 27.6 Å². The molecule has 2 aliphatic rings. The van der Waals surface area contributed by atoms with Crippen molar-refractivity contribution >= 4 is 27.7 Å². The number of aryl methyl sites for hydroxylation is 4. The molecule has 8 rings (SSSR count). The molecule has 0 N–H and O–H groups in total. The van der Waals surface area contributed by atoms with E-state index in [1.165, 1.54) is 44.2 Å². The van der Waals surface area contributed by atoms with Gasteiger partial charge in [0.25, 0.3) is 0 Å². The fourth-order valence-corrected chi connectivity index (χ4v) is 9.30. The highest BCUT2D eigenvalue weighted by Crippen LogP contribution is 2.62. The summed E-state index contributed by atoms with van der Waals surface area (Å²) in [6.07, 6.45) is 1.93. The summed E-state index contributed by atoms with van der Waals surface area (Å²) in [5.41, 5.74) is 11.7. The van der Waals surface area contributed by atoms with Crippen LogP contribution in [0.5, 0.6) is 11.5 Å². The topological polar surface area (TPSA) is 48.6 Å². The SMILES string of the molecule is Cc1cc(C)c2c(c1)[C@@]1(C)N=C(c3cc(Oc4ccc5c6cc(C(C)(C)C)ccc6n(-c6cc(C(C)(C)C)ccn6)c5c4)c(C)cc3C)O[C@@]1(C)C2(C)C. The first kappa shape index (κ1) is 36.1. The first-order chi connectivity index (χ1) is 25.1. The van der Waals surface area contributed by atoms with Crippen molar-refractivity contribution in [3.63, 3.8) is 0 Å². The molecule has 0 unspecified atom stereocenters. The lowest BCUT2D eigenvalue weighted by molar-refractivity contribution is -0.0137. The maximum Gasteiger partial charge on any atom is 0.218 e. The molecule has 0 spiro atoms. The molecule has 0 saturated heterocycles. The summed E-state index contributed by atoms with van der Waals surface area (Å²) < 4.78 is 16.2. The minimum atomic E-state index is -0.557. The zero-order valence-corrected chi connectivity index (χ0v) is 34.7. The van der Waals surface area contributed by atoms with E-state index in [0.29, 0.717) is 5.90 Å². The first-order valence-corrected chi connectivity index (χ1v) is 19.4. The van der Waals surface area contributed by atoms with Crippen molar-refractivity contribution < 1.29 is 9.47 Å². The first-order valence-electron chi connectivity index (χ1n) is 19.4. The number of fused-ring (bicyclic) bond motifs is 6. The van der Waals surface area contributed by atoms with E-state index in [2.05, 4.69) is 174 Å². The summed E-state index contributed by atoms with van der Waals surface area (Å²) in [7, 11) is 0. The maximum absolute atomic E-state index is 7.09. The second kappa shape index (κ2) is 11.6. The van der Waals surface area contributed by atoms with Crippen LogP contribution in [0.3, 0.4) is 0 Å². The van der Waals surface area contributed by atoms with Gasteiger partial charge in [0.15, 0.2) is 0 Å². The van der Waals surface area contributed by atoms with E-state index in [9.17, 15) is 0 Å². The van der Waals surface area contributed by atoms with Crippen LogP contribution in [0, 0.1) is 27.7 Å². The van der Waals surface area contributed by atoms with Gasteiger partial charge in [-0.1, -0.05) is 85.2 Å². The van der Waals surface area contributed by atoms with Gasteiger partial charge in [0.05, 0.1) is 11.0 Å². The molecule has 4 aromatic carbocycles. The van der Waals surface area contributed by atoms with E-state index in [1.807, 2.05) is 6.20 Å². The Labute approximate surface area is 321 Å². The monoisotopic (exact) mass is 717 g/mol. The number of nitrogens with zero attached hydrogens (tertiary/aromatic N) is 3.